The van der Waals surface area contributed by atoms with Gasteiger partial charge in [-0.1, -0.05) is 6.92 Å². The quantitative estimate of drug-likeness (QED) is 0.469. The van der Waals surface area contributed by atoms with Crippen LogP contribution in [-0.4, -0.2) is 26.5 Å². The van der Waals surface area contributed by atoms with Gasteiger partial charge in [0.1, 0.15) is 11.3 Å². The van der Waals surface area contributed by atoms with Crippen molar-refractivity contribution in [1.82, 2.24) is 0 Å². The van der Waals surface area contributed by atoms with Gasteiger partial charge in [0, 0.05) is 30.4 Å². The third-order valence-electron chi connectivity index (χ3n) is 5.04. The molecule has 27 heavy (non-hydrogen) atoms. The fourth-order valence-corrected chi connectivity index (χ4v) is 3.96. The second-order valence-corrected chi connectivity index (χ2v) is 6.63. The minimum absolute atomic E-state index is 0.0486. The first-order valence-corrected chi connectivity index (χ1v) is 8.43. The van der Waals surface area contributed by atoms with Crippen molar-refractivity contribution in [1.29, 1.82) is 0 Å². The molecule has 0 saturated carbocycles. The van der Waals surface area contributed by atoms with Crippen molar-refractivity contribution >= 4 is 22.9 Å². The molecule has 0 spiro atoms. The normalized spacial score (nSPS) is 17.2. The average molecular weight is 376 g/mol. The predicted octanol–water partition coefficient (Wildman–Crippen LogP) is 3.67. The summed E-state index contributed by atoms with van der Waals surface area (Å²) in [4.78, 5) is 45.9. The Morgan fingerprint density at radius 3 is 1.89 bits per heavy atom. The molecule has 9 nitrogen and oxygen atoms in total. The van der Waals surface area contributed by atoms with Gasteiger partial charge in [0.05, 0.1) is 15.4 Å². The van der Waals surface area contributed by atoms with Crippen LogP contribution >= 0.6 is 0 Å². The Morgan fingerprint density at radius 1 is 1.04 bits per heavy atom. The van der Waals surface area contributed by atoms with Gasteiger partial charge in [-0.3, -0.25) is 29.8 Å². The van der Waals surface area contributed by atoms with Gasteiger partial charge < -0.3 is 5.11 Å². The molecule has 1 unspecified atom stereocenters. The number of nitro benzene ring substituents is 2. The molecule has 1 atom stereocenters. The SMILES string of the molecule is CCC(=O)C1=C(O)CC(c2c(C)c([N+](=O)[O-])c(C)c([N+](=O)[O-])c2C)CC1=O. The monoisotopic (exact) mass is 376 g/mol. The smallest absolute Gasteiger partial charge is 0.282 e. The highest BCUT2D eigenvalue weighted by Gasteiger charge is 2.38. The van der Waals surface area contributed by atoms with Gasteiger partial charge in [0.2, 0.25) is 0 Å². The van der Waals surface area contributed by atoms with Crippen LogP contribution in [0.5, 0.6) is 0 Å². The third-order valence-corrected chi connectivity index (χ3v) is 5.04. The summed E-state index contributed by atoms with van der Waals surface area (Å²) in [5.41, 5.74) is -0.246. The summed E-state index contributed by atoms with van der Waals surface area (Å²) in [6.07, 6.45) is -0.161. The zero-order valence-corrected chi connectivity index (χ0v) is 15.5. The summed E-state index contributed by atoms with van der Waals surface area (Å²) in [6, 6.07) is 0. The van der Waals surface area contributed by atoms with Crippen LogP contribution in [0.3, 0.4) is 0 Å². The number of Topliss-reactive ketones (excluding diaryl/α,β-unsaturated/α-hetero) is 2. The van der Waals surface area contributed by atoms with Crippen LogP contribution in [0.25, 0.3) is 0 Å². The van der Waals surface area contributed by atoms with E-state index in [-0.39, 0.29) is 58.7 Å². The highest BCUT2D eigenvalue weighted by Crippen LogP contribution is 2.44. The third kappa shape index (κ3) is 3.32. The molecule has 1 aromatic rings. The first-order valence-electron chi connectivity index (χ1n) is 8.43. The van der Waals surface area contributed by atoms with Crippen LogP contribution in [0.1, 0.15) is 54.4 Å². The largest absolute Gasteiger partial charge is 0.511 e. The van der Waals surface area contributed by atoms with Gasteiger partial charge in [-0.05, 0) is 32.3 Å². The number of hydrogen-bond acceptors (Lipinski definition) is 7. The molecule has 0 heterocycles. The molecule has 0 saturated heterocycles. The summed E-state index contributed by atoms with van der Waals surface area (Å²) in [5.74, 6) is -2.07. The molecule has 9 heteroatoms. The summed E-state index contributed by atoms with van der Waals surface area (Å²) >= 11 is 0. The maximum atomic E-state index is 12.4. The van der Waals surface area contributed by atoms with Gasteiger partial charge in [0.25, 0.3) is 11.4 Å². The minimum Gasteiger partial charge on any atom is -0.511 e. The number of aliphatic hydroxyl groups excluding tert-OH is 1. The fraction of sp³-hybridized carbons (Fsp3) is 0.444. The molecular weight excluding hydrogens is 356 g/mol. The van der Waals surface area contributed by atoms with Gasteiger partial charge in [-0.2, -0.15) is 0 Å². The van der Waals surface area contributed by atoms with Crippen LogP contribution in [0.4, 0.5) is 11.4 Å². The van der Waals surface area contributed by atoms with Crippen LogP contribution in [0.2, 0.25) is 0 Å². The number of nitro groups is 2. The topological polar surface area (TPSA) is 141 Å². The van der Waals surface area contributed by atoms with Crippen molar-refractivity contribution < 1.29 is 24.5 Å². The van der Waals surface area contributed by atoms with Gasteiger partial charge >= 0.3 is 0 Å². The minimum atomic E-state index is -0.677. The molecule has 1 aliphatic rings. The molecule has 0 radical (unpaired) electrons. The van der Waals surface area contributed by atoms with Gasteiger partial charge in [-0.25, -0.2) is 0 Å². The molecule has 1 N–H and O–H groups in total. The van der Waals surface area contributed by atoms with Crippen molar-refractivity contribution in [3.05, 3.63) is 53.8 Å². The van der Waals surface area contributed by atoms with E-state index in [0.29, 0.717) is 5.56 Å². The van der Waals surface area contributed by atoms with Gasteiger partial charge in [-0.15, -0.1) is 0 Å². The standard InChI is InChI=1S/C18H20N2O7/c1-5-12(21)16-13(22)6-11(7-14(16)23)15-8(2)17(19(24)25)10(4)18(9(15)3)20(26)27/h11,22H,5-7H2,1-4H3. The maximum absolute atomic E-state index is 12.4. The van der Waals surface area contributed by atoms with Crippen LogP contribution in [0, 0.1) is 41.0 Å². The first kappa shape index (κ1) is 20.2. The Hall–Kier alpha value is -3.10. The zero-order valence-electron chi connectivity index (χ0n) is 15.5. The second kappa shape index (κ2) is 7.26. The highest BCUT2D eigenvalue weighted by molar-refractivity contribution is 6.21. The maximum Gasteiger partial charge on any atom is 0.282 e. The van der Waals surface area contributed by atoms with E-state index in [1.165, 1.54) is 20.8 Å². The molecule has 1 aromatic carbocycles. The molecule has 1 aliphatic carbocycles. The van der Waals surface area contributed by atoms with E-state index in [1.54, 1.807) is 6.92 Å². The summed E-state index contributed by atoms with van der Waals surface area (Å²) in [6.45, 7) is 5.86. The molecule has 0 fully saturated rings. The van der Waals surface area contributed by atoms with Crippen molar-refractivity contribution in [2.75, 3.05) is 0 Å². The summed E-state index contributed by atoms with van der Waals surface area (Å²) in [5, 5.41) is 33.2. The Morgan fingerprint density at radius 2 is 1.52 bits per heavy atom. The van der Waals surface area contributed by atoms with E-state index in [9.17, 15) is 34.9 Å². The Balaban J connectivity index is 2.72. The fourth-order valence-electron chi connectivity index (χ4n) is 3.96. The van der Waals surface area contributed by atoms with Crippen LogP contribution in [-0.2, 0) is 9.59 Å². The lowest BCUT2D eigenvalue weighted by atomic mass is 9.77. The van der Waals surface area contributed by atoms with E-state index in [2.05, 4.69) is 0 Å². The number of rotatable bonds is 5. The molecule has 0 amide bonds. The first-order chi connectivity index (χ1) is 12.5. The van der Waals surface area contributed by atoms with Crippen molar-refractivity contribution in [2.24, 2.45) is 0 Å². The van der Waals surface area contributed by atoms with Crippen molar-refractivity contribution in [3.63, 3.8) is 0 Å². The molecule has 0 bridgehead atoms. The number of hydrogen-bond donors (Lipinski definition) is 1. The Bertz CT molecular complexity index is 874. The highest BCUT2D eigenvalue weighted by atomic mass is 16.6. The van der Waals surface area contributed by atoms with Crippen molar-refractivity contribution in [2.45, 2.75) is 52.9 Å². The Kier molecular flexibility index (Phi) is 5.43. The number of benzene rings is 1. The number of ketones is 2. The molecule has 0 aliphatic heterocycles. The van der Waals surface area contributed by atoms with Crippen molar-refractivity contribution in [3.8, 4) is 0 Å². The second-order valence-electron chi connectivity index (χ2n) is 6.63. The van der Waals surface area contributed by atoms with Crippen LogP contribution < -0.4 is 0 Å². The van der Waals surface area contributed by atoms with E-state index in [4.69, 9.17) is 0 Å². The lowest BCUT2D eigenvalue weighted by Crippen LogP contribution is -2.24. The number of carbonyl (C=O) groups is 2. The average Bonchev–Trinajstić information content (AvgIpc) is 2.52. The van der Waals surface area contributed by atoms with Gasteiger partial charge in [0.15, 0.2) is 11.6 Å². The number of allylic oxidation sites excluding steroid dienone is 2. The number of nitrogens with zero attached hydrogens (tertiary/aromatic N) is 2. The van der Waals surface area contributed by atoms with E-state index < -0.39 is 27.3 Å². The van der Waals surface area contributed by atoms with E-state index in [0.717, 1.165) is 0 Å². The lowest BCUT2D eigenvalue weighted by Gasteiger charge is -2.26. The number of aliphatic hydroxyl groups is 1. The Labute approximate surface area is 155 Å². The summed E-state index contributed by atoms with van der Waals surface area (Å²) in [7, 11) is 0. The molecule has 144 valence electrons. The molecule has 2 rings (SSSR count). The van der Waals surface area contributed by atoms with E-state index >= 15 is 0 Å². The number of carbonyl (C=O) groups excluding carboxylic acids is 2. The lowest BCUT2D eigenvalue weighted by molar-refractivity contribution is -0.396. The molecular formula is C18H20N2O7. The molecule has 0 aromatic heterocycles. The predicted molar refractivity (Wildman–Crippen MR) is 95.9 cm³/mol. The van der Waals surface area contributed by atoms with E-state index in [1.807, 2.05) is 0 Å². The zero-order chi connectivity index (χ0) is 20.6. The summed E-state index contributed by atoms with van der Waals surface area (Å²) < 4.78 is 0. The van der Waals surface area contributed by atoms with Crippen LogP contribution in [0.15, 0.2) is 11.3 Å².